The summed E-state index contributed by atoms with van der Waals surface area (Å²) in [6, 6.07) is -0.284. The average molecular weight is 270 g/mol. The standard InChI is InChI=1S/C12H18N2O3S/c1-6-8(10(15)16)18-9(13-6)7(2)14-11(17)12(3,4)5/h7H,1-5H3,(H,14,17)(H,15,16)/t7-/m0/s1. The molecule has 1 aromatic rings. The largest absolute Gasteiger partial charge is 0.477 e. The minimum atomic E-state index is -0.981. The molecule has 0 aliphatic rings. The first-order chi connectivity index (χ1) is 8.12. The lowest BCUT2D eigenvalue weighted by Crippen LogP contribution is -2.36. The number of amides is 1. The van der Waals surface area contributed by atoms with Crippen LogP contribution in [0.4, 0.5) is 0 Å². The van der Waals surface area contributed by atoms with Crippen molar-refractivity contribution in [1.29, 1.82) is 0 Å². The minimum absolute atomic E-state index is 0.0836. The van der Waals surface area contributed by atoms with Gasteiger partial charge in [0.25, 0.3) is 0 Å². The maximum Gasteiger partial charge on any atom is 0.347 e. The number of thiazole rings is 1. The molecular weight excluding hydrogens is 252 g/mol. The molecule has 100 valence electrons. The molecule has 0 unspecified atom stereocenters. The number of aromatic carboxylic acids is 1. The summed E-state index contributed by atoms with van der Waals surface area (Å²) in [5, 5.41) is 12.4. The molecule has 0 aromatic carbocycles. The zero-order valence-electron chi connectivity index (χ0n) is 11.2. The molecule has 0 bridgehead atoms. The van der Waals surface area contributed by atoms with Gasteiger partial charge in [-0.25, -0.2) is 9.78 Å². The number of nitrogens with one attached hydrogen (secondary N) is 1. The van der Waals surface area contributed by atoms with Gasteiger partial charge in [-0.05, 0) is 13.8 Å². The molecule has 0 saturated heterocycles. The molecule has 0 radical (unpaired) electrons. The lowest BCUT2D eigenvalue weighted by molar-refractivity contribution is -0.129. The lowest BCUT2D eigenvalue weighted by Gasteiger charge is -2.20. The maximum absolute atomic E-state index is 11.8. The van der Waals surface area contributed by atoms with Gasteiger partial charge in [0.1, 0.15) is 9.88 Å². The van der Waals surface area contributed by atoms with Crippen LogP contribution in [-0.4, -0.2) is 22.0 Å². The van der Waals surface area contributed by atoms with Crippen LogP contribution in [0.5, 0.6) is 0 Å². The molecule has 1 amide bonds. The van der Waals surface area contributed by atoms with Gasteiger partial charge in [0.2, 0.25) is 5.91 Å². The molecule has 1 aromatic heterocycles. The second kappa shape index (κ2) is 5.06. The Bertz CT molecular complexity index is 474. The van der Waals surface area contributed by atoms with Gasteiger partial charge in [0.15, 0.2) is 0 Å². The zero-order chi connectivity index (χ0) is 14.1. The number of hydrogen-bond donors (Lipinski definition) is 2. The molecule has 0 spiro atoms. The number of rotatable bonds is 3. The van der Waals surface area contributed by atoms with Crippen molar-refractivity contribution in [1.82, 2.24) is 10.3 Å². The van der Waals surface area contributed by atoms with Crippen LogP contribution in [0.15, 0.2) is 0 Å². The molecule has 0 saturated carbocycles. The van der Waals surface area contributed by atoms with E-state index in [9.17, 15) is 9.59 Å². The number of carboxylic acids is 1. The van der Waals surface area contributed by atoms with Crippen LogP contribution in [0.25, 0.3) is 0 Å². The molecular formula is C12H18N2O3S. The number of aryl methyl sites for hydroxylation is 1. The van der Waals surface area contributed by atoms with Gasteiger partial charge in [0.05, 0.1) is 11.7 Å². The Hall–Kier alpha value is -1.43. The minimum Gasteiger partial charge on any atom is -0.477 e. The first-order valence-corrected chi connectivity index (χ1v) is 6.46. The summed E-state index contributed by atoms with van der Waals surface area (Å²) in [6.07, 6.45) is 0. The molecule has 18 heavy (non-hydrogen) atoms. The first kappa shape index (κ1) is 14.6. The van der Waals surface area contributed by atoms with Crippen molar-refractivity contribution in [2.45, 2.75) is 40.7 Å². The van der Waals surface area contributed by atoms with Crippen molar-refractivity contribution < 1.29 is 14.7 Å². The summed E-state index contributed by atoms with van der Waals surface area (Å²) in [6.45, 7) is 8.93. The number of carbonyl (C=O) groups excluding carboxylic acids is 1. The molecule has 0 aliphatic carbocycles. The van der Waals surface area contributed by atoms with Crippen LogP contribution in [0.3, 0.4) is 0 Å². The third-order valence-corrected chi connectivity index (χ3v) is 3.73. The highest BCUT2D eigenvalue weighted by atomic mass is 32.1. The van der Waals surface area contributed by atoms with E-state index < -0.39 is 11.4 Å². The Labute approximate surface area is 110 Å². The third-order valence-electron chi connectivity index (χ3n) is 2.41. The first-order valence-electron chi connectivity index (χ1n) is 5.64. The van der Waals surface area contributed by atoms with Crippen LogP contribution in [0.1, 0.15) is 54.1 Å². The van der Waals surface area contributed by atoms with Gasteiger partial charge < -0.3 is 10.4 Å². The number of nitrogens with zero attached hydrogens (tertiary/aromatic N) is 1. The topological polar surface area (TPSA) is 79.3 Å². The van der Waals surface area contributed by atoms with Crippen molar-refractivity contribution in [2.75, 3.05) is 0 Å². The van der Waals surface area contributed by atoms with Crippen molar-refractivity contribution in [3.8, 4) is 0 Å². The van der Waals surface area contributed by atoms with E-state index in [0.29, 0.717) is 10.7 Å². The molecule has 5 nitrogen and oxygen atoms in total. The predicted molar refractivity (Wildman–Crippen MR) is 69.8 cm³/mol. The van der Waals surface area contributed by atoms with E-state index in [1.165, 1.54) is 0 Å². The van der Waals surface area contributed by atoms with Crippen LogP contribution in [-0.2, 0) is 4.79 Å². The van der Waals surface area contributed by atoms with E-state index in [0.717, 1.165) is 11.3 Å². The Balaban J connectivity index is 2.86. The Morgan fingerprint density at radius 1 is 1.39 bits per heavy atom. The van der Waals surface area contributed by atoms with E-state index in [1.54, 1.807) is 13.8 Å². The third kappa shape index (κ3) is 3.29. The van der Waals surface area contributed by atoms with Crippen LogP contribution in [0, 0.1) is 12.3 Å². The van der Waals surface area contributed by atoms with E-state index in [4.69, 9.17) is 5.11 Å². The van der Waals surface area contributed by atoms with Gasteiger partial charge >= 0.3 is 5.97 Å². The smallest absolute Gasteiger partial charge is 0.347 e. The van der Waals surface area contributed by atoms with Gasteiger partial charge in [-0.1, -0.05) is 20.8 Å². The second-order valence-electron chi connectivity index (χ2n) is 5.22. The molecule has 0 fully saturated rings. The highest BCUT2D eigenvalue weighted by Crippen LogP contribution is 2.24. The number of carbonyl (C=O) groups is 2. The van der Waals surface area contributed by atoms with E-state index in [1.807, 2.05) is 20.8 Å². The summed E-state index contributed by atoms with van der Waals surface area (Å²) in [5.74, 6) is -1.06. The molecule has 1 rings (SSSR count). The Kier molecular flexibility index (Phi) is 4.11. The van der Waals surface area contributed by atoms with Crippen LogP contribution < -0.4 is 5.32 Å². The average Bonchev–Trinajstić information content (AvgIpc) is 2.58. The maximum atomic E-state index is 11.8. The fourth-order valence-electron chi connectivity index (χ4n) is 1.28. The SMILES string of the molecule is Cc1nc([C@H](C)NC(=O)C(C)(C)C)sc1C(=O)O. The number of carboxylic acid groups (broad SMARTS) is 1. The summed E-state index contributed by atoms with van der Waals surface area (Å²) < 4.78 is 0. The van der Waals surface area contributed by atoms with E-state index in [2.05, 4.69) is 10.3 Å². The monoisotopic (exact) mass is 270 g/mol. The van der Waals surface area contributed by atoms with Crippen molar-refractivity contribution >= 4 is 23.2 Å². The zero-order valence-corrected chi connectivity index (χ0v) is 12.0. The van der Waals surface area contributed by atoms with E-state index >= 15 is 0 Å². The highest BCUT2D eigenvalue weighted by molar-refractivity contribution is 7.13. The van der Waals surface area contributed by atoms with Crippen molar-refractivity contribution in [2.24, 2.45) is 5.41 Å². The summed E-state index contributed by atoms with van der Waals surface area (Å²) in [7, 11) is 0. The van der Waals surface area contributed by atoms with Crippen LogP contribution >= 0.6 is 11.3 Å². The number of aromatic nitrogens is 1. The quantitative estimate of drug-likeness (QED) is 0.883. The summed E-state index contributed by atoms with van der Waals surface area (Å²) in [5.41, 5.74) is 0.00952. The van der Waals surface area contributed by atoms with Gasteiger partial charge in [-0.3, -0.25) is 4.79 Å². The molecule has 6 heteroatoms. The highest BCUT2D eigenvalue weighted by Gasteiger charge is 2.25. The summed E-state index contributed by atoms with van der Waals surface area (Å²) in [4.78, 5) is 27.2. The Morgan fingerprint density at radius 2 is 1.94 bits per heavy atom. The van der Waals surface area contributed by atoms with Gasteiger partial charge in [-0.2, -0.15) is 0 Å². The van der Waals surface area contributed by atoms with Crippen molar-refractivity contribution in [3.05, 3.63) is 15.6 Å². The fraction of sp³-hybridized carbons (Fsp3) is 0.583. The van der Waals surface area contributed by atoms with E-state index in [-0.39, 0.29) is 16.8 Å². The predicted octanol–water partition coefficient (Wildman–Crippen LogP) is 2.37. The van der Waals surface area contributed by atoms with Gasteiger partial charge in [-0.15, -0.1) is 11.3 Å². The lowest BCUT2D eigenvalue weighted by atomic mass is 9.95. The number of hydrogen-bond acceptors (Lipinski definition) is 4. The van der Waals surface area contributed by atoms with Gasteiger partial charge in [0, 0.05) is 5.41 Å². The second-order valence-corrected chi connectivity index (χ2v) is 6.25. The normalized spacial score (nSPS) is 13.2. The molecule has 1 heterocycles. The Morgan fingerprint density at radius 3 is 2.33 bits per heavy atom. The molecule has 0 aliphatic heterocycles. The van der Waals surface area contributed by atoms with Crippen LogP contribution in [0.2, 0.25) is 0 Å². The molecule has 1 atom stereocenters. The summed E-state index contributed by atoms with van der Waals surface area (Å²) >= 11 is 1.10. The fourth-order valence-corrected chi connectivity index (χ4v) is 2.18. The van der Waals surface area contributed by atoms with Crippen molar-refractivity contribution in [3.63, 3.8) is 0 Å². The molecule has 2 N–H and O–H groups in total.